The molecule has 0 N–H and O–H groups in total. The van der Waals surface area contributed by atoms with Gasteiger partial charge in [0.15, 0.2) is 11.5 Å². The van der Waals surface area contributed by atoms with Gasteiger partial charge in [0.25, 0.3) is 0 Å². The summed E-state index contributed by atoms with van der Waals surface area (Å²) in [6, 6.07) is 4.58. The Morgan fingerprint density at radius 1 is 1.09 bits per heavy atom. The molecule has 1 atom stereocenters. The Morgan fingerprint density at radius 3 is 2.15 bits per heavy atom. The highest BCUT2D eigenvalue weighted by atomic mass is 31.2. The third kappa shape index (κ3) is 7.94. The second-order valence-electron chi connectivity index (χ2n) is 8.10. The van der Waals surface area contributed by atoms with Gasteiger partial charge < -0.3 is 18.3 Å². The van der Waals surface area contributed by atoms with Crippen molar-refractivity contribution in [2.45, 2.75) is 64.9 Å². The largest absolute Gasteiger partial charge is 0.459 e. The smallest absolute Gasteiger partial charge is 0.416 e. The van der Waals surface area contributed by atoms with Gasteiger partial charge in [0.05, 0.1) is 25.2 Å². The van der Waals surface area contributed by atoms with Crippen LogP contribution in [0, 0.1) is 0 Å². The van der Waals surface area contributed by atoms with Gasteiger partial charge in [-0.15, -0.1) is 0 Å². The molecule has 2 rings (SSSR count). The molecule has 0 aliphatic heterocycles. The number of rotatable bonds is 10. The molecule has 0 saturated carbocycles. The Labute approximate surface area is 190 Å². The highest BCUT2D eigenvalue weighted by Crippen LogP contribution is 2.54. The summed E-state index contributed by atoms with van der Waals surface area (Å²) in [5.74, 6) is -0.613. The first-order chi connectivity index (χ1) is 15.3. The highest BCUT2D eigenvalue weighted by molar-refractivity contribution is 7.55. The third-order valence-electron chi connectivity index (χ3n) is 4.20. The van der Waals surface area contributed by atoms with Crippen molar-refractivity contribution in [3.8, 4) is 0 Å². The Morgan fingerprint density at radius 2 is 1.67 bits per heavy atom. The second-order valence-corrected chi connectivity index (χ2v) is 10.3. The number of halogens is 3. The van der Waals surface area contributed by atoms with Crippen molar-refractivity contribution >= 4 is 13.6 Å². The van der Waals surface area contributed by atoms with E-state index in [1.54, 1.807) is 34.6 Å². The van der Waals surface area contributed by atoms with Gasteiger partial charge in [0.1, 0.15) is 5.60 Å². The van der Waals surface area contributed by atoms with Crippen LogP contribution in [0.1, 0.15) is 57.5 Å². The van der Waals surface area contributed by atoms with Crippen molar-refractivity contribution in [1.82, 2.24) is 10.1 Å². The molecule has 0 spiro atoms. The third-order valence-corrected chi connectivity index (χ3v) is 6.59. The van der Waals surface area contributed by atoms with Gasteiger partial charge in [-0.25, -0.2) is 0 Å². The van der Waals surface area contributed by atoms with Gasteiger partial charge in [-0.3, -0.25) is 9.36 Å². The zero-order chi connectivity index (χ0) is 24.9. The lowest BCUT2D eigenvalue weighted by Gasteiger charge is -2.27. The van der Waals surface area contributed by atoms with Crippen LogP contribution in [0.3, 0.4) is 0 Å². The number of esters is 1. The minimum absolute atomic E-state index is 0.00704. The van der Waals surface area contributed by atoms with Crippen LogP contribution in [0.2, 0.25) is 0 Å². The number of nitrogens with zero attached hydrogens (tertiary/aromatic N) is 2. The van der Waals surface area contributed by atoms with Crippen molar-refractivity contribution in [3.05, 3.63) is 47.1 Å². The Kier molecular flexibility index (Phi) is 8.84. The summed E-state index contributed by atoms with van der Waals surface area (Å²) in [4.78, 5) is 17.0. The maximum atomic E-state index is 13.3. The van der Waals surface area contributed by atoms with Crippen LogP contribution in [0.5, 0.6) is 0 Å². The zero-order valence-corrected chi connectivity index (χ0v) is 20.0. The Bertz CT molecular complexity index is 960. The minimum Gasteiger partial charge on any atom is -0.459 e. The first-order valence-electron chi connectivity index (χ1n) is 10.4. The molecule has 1 unspecified atom stereocenters. The summed E-state index contributed by atoms with van der Waals surface area (Å²) in [6.07, 6.45) is -4.58. The quantitative estimate of drug-likeness (QED) is 0.330. The maximum absolute atomic E-state index is 13.3. The van der Waals surface area contributed by atoms with E-state index >= 15 is 0 Å². The first-order valence-corrected chi connectivity index (χ1v) is 12.0. The number of hydrogen-bond donors (Lipinski definition) is 0. The predicted molar refractivity (Wildman–Crippen MR) is 113 cm³/mol. The summed E-state index contributed by atoms with van der Waals surface area (Å²) < 4.78 is 72.8. The molecular weight excluding hydrogens is 464 g/mol. The van der Waals surface area contributed by atoms with Crippen molar-refractivity contribution in [3.63, 3.8) is 0 Å². The number of carbonyl (C=O) groups excluding carboxylic acids is 1. The molecule has 2 aromatic rings. The molecule has 0 aliphatic rings. The van der Waals surface area contributed by atoms with E-state index in [1.165, 1.54) is 12.1 Å². The molecule has 12 heteroatoms. The molecule has 33 heavy (non-hydrogen) atoms. The molecule has 0 fully saturated rings. The number of benzene rings is 1. The van der Waals surface area contributed by atoms with Crippen molar-refractivity contribution < 1.29 is 40.8 Å². The lowest BCUT2D eigenvalue weighted by molar-refractivity contribution is -0.154. The SMILES string of the molecule is CCOP(=O)(OCC)C(Cc1nc(Cc2ccc(C(F)(F)F)cc2)no1)C(=O)OC(C)(C)C. The van der Waals surface area contributed by atoms with Crippen LogP contribution in [0.4, 0.5) is 13.2 Å². The van der Waals surface area contributed by atoms with Crippen LogP contribution in [-0.2, 0) is 42.2 Å². The van der Waals surface area contributed by atoms with Crippen LogP contribution in [-0.4, -0.2) is 40.6 Å². The van der Waals surface area contributed by atoms with E-state index in [9.17, 15) is 22.5 Å². The summed E-state index contributed by atoms with van der Waals surface area (Å²) in [7, 11) is -3.92. The van der Waals surface area contributed by atoms with E-state index < -0.39 is 36.6 Å². The van der Waals surface area contributed by atoms with E-state index in [1.807, 2.05) is 0 Å². The zero-order valence-electron chi connectivity index (χ0n) is 19.1. The normalized spacial score (nSPS) is 13.7. The summed E-state index contributed by atoms with van der Waals surface area (Å²) in [5.41, 5.74) is -2.41. The fourth-order valence-corrected chi connectivity index (χ4v) is 4.72. The van der Waals surface area contributed by atoms with Gasteiger partial charge in [0, 0.05) is 6.42 Å². The van der Waals surface area contributed by atoms with Gasteiger partial charge >= 0.3 is 19.7 Å². The molecule has 0 aliphatic carbocycles. The fraction of sp³-hybridized carbons (Fsp3) is 0.571. The van der Waals surface area contributed by atoms with Gasteiger partial charge in [0.2, 0.25) is 5.89 Å². The molecular formula is C21H28F3N2O6P. The van der Waals surface area contributed by atoms with Crippen molar-refractivity contribution in [2.24, 2.45) is 0 Å². The van der Waals surface area contributed by atoms with Crippen LogP contribution in [0.15, 0.2) is 28.8 Å². The van der Waals surface area contributed by atoms with Crippen molar-refractivity contribution in [2.75, 3.05) is 13.2 Å². The molecule has 0 bridgehead atoms. The van der Waals surface area contributed by atoms with Gasteiger partial charge in [-0.2, -0.15) is 18.2 Å². The molecule has 1 heterocycles. The van der Waals surface area contributed by atoms with Crippen LogP contribution < -0.4 is 0 Å². The Hall–Kier alpha value is -2.23. The predicted octanol–water partition coefficient (Wildman–Crippen LogP) is 5.20. The molecule has 0 radical (unpaired) electrons. The van der Waals surface area contributed by atoms with Crippen molar-refractivity contribution in [1.29, 1.82) is 0 Å². The highest BCUT2D eigenvalue weighted by Gasteiger charge is 2.44. The number of aromatic nitrogens is 2. The summed E-state index contributed by atoms with van der Waals surface area (Å²) in [5, 5.41) is 3.81. The van der Waals surface area contributed by atoms with Gasteiger partial charge in [-0.1, -0.05) is 17.3 Å². The van der Waals surface area contributed by atoms with Gasteiger partial charge in [-0.05, 0) is 52.3 Å². The number of ether oxygens (including phenoxy) is 1. The number of carbonyl (C=O) groups is 1. The Balaban J connectivity index is 2.23. The molecule has 8 nitrogen and oxygen atoms in total. The van der Waals surface area contributed by atoms with Crippen LogP contribution >= 0.6 is 7.60 Å². The number of alkyl halides is 3. The molecule has 0 amide bonds. The molecule has 0 saturated heterocycles. The van der Waals surface area contributed by atoms with E-state index in [0.717, 1.165) is 12.1 Å². The topological polar surface area (TPSA) is 101 Å². The lowest BCUT2D eigenvalue weighted by Crippen LogP contribution is -2.34. The molecule has 1 aromatic heterocycles. The van der Waals surface area contributed by atoms with E-state index in [4.69, 9.17) is 18.3 Å². The molecule has 184 valence electrons. The minimum atomic E-state index is -4.43. The monoisotopic (exact) mass is 492 g/mol. The lowest BCUT2D eigenvalue weighted by atomic mass is 10.1. The van der Waals surface area contributed by atoms with E-state index in [-0.39, 0.29) is 37.8 Å². The molecule has 1 aromatic carbocycles. The summed E-state index contributed by atoms with van der Waals surface area (Å²) >= 11 is 0. The van der Waals surface area contributed by atoms with Crippen LogP contribution in [0.25, 0.3) is 0 Å². The average Bonchev–Trinajstić information content (AvgIpc) is 3.12. The van der Waals surface area contributed by atoms with E-state index in [0.29, 0.717) is 5.56 Å². The standard InChI is InChI=1S/C21H28F3N2O6P/c1-6-29-33(28,30-7-2)16(19(27)31-20(3,4)5)13-18-25-17(26-32-18)12-14-8-10-15(11-9-14)21(22,23)24/h8-11,16H,6-7,12-13H2,1-5H3. The van der Waals surface area contributed by atoms with E-state index in [2.05, 4.69) is 10.1 Å². The fourth-order valence-electron chi connectivity index (χ4n) is 2.88. The first kappa shape index (κ1) is 27.0. The second kappa shape index (κ2) is 10.8. The average molecular weight is 492 g/mol. The number of hydrogen-bond acceptors (Lipinski definition) is 8. The summed E-state index contributed by atoms with van der Waals surface area (Å²) in [6.45, 7) is 8.33. The maximum Gasteiger partial charge on any atom is 0.416 e.